The normalized spacial score (nSPS) is 11.5. The summed E-state index contributed by atoms with van der Waals surface area (Å²) in [6, 6.07) is 6.54. The van der Waals surface area contributed by atoms with Gasteiger partial charge in [0.15, 0.2) is 0 Å². The fourth-order valence-electron chi connectivity index (χ4n) is 1.83. The Balaban J connectivity index is 2.34. The van der Waals surface area contributed by atoms with Crippen LogP contribution in [0.4, 0.5) is 10.1 Å². The van der Waals surface area contributed by atoms with Crippen LogP contribution in [0.15, 0.2) is 24.3 Å². The zero-order valence-corrected chi connectivity index (χ0v) is 13.3. The molecule has 0 fully saturated rings. The number of nitrogens with two attached hydrogens (primary N) is 1. The van der Waals surface area contributed by atoms with Gasteiger partial charge in [0.25, 0.3) is 0 Å². The second-order valence-electron chi connectivity index (χ2n) is 5.86. The molecule has 1 heterocycles. The number of hydrogen-bond acceptors (Lipinski definition) is 4. The van der Waals surface area contributed by atoms with Crippen LogP contribution < -0.4 is 5.73 Å². The number of hydrogen-bond donors (Lipinski definition) is 1. The minimum absolute atomic E-state index is 0.254. The van der Waals surface area contributed by atoms with Crippen LogP contribution in [0, 0.1) is 12.7 Å². The highest BCUT2D eigenvalue weighted by Gasteiger charge is 2.22. The third-order valence-corrected chi connectivity index (χ3v) is 3.97. The van der Waals surface area contributed by atoms with Gasteiger partial charge >= 0.3 is 5.97 Å². The largest absolute Gasteiger partial charge is 0.456 e. The number of halogens is 1. The van der Waals surface area contributed by atoms with Crippen molar-refractivity contribution in [2.75, 3.05) is 5.73 Å². The van der Waals surface area contributed by atoms with Crippen molar-refractivity contribution < 1.29 is 13.9 Å². The molecule has 0 radical (unpaired) electrons. The maximum absolute atomic E-state index is 13.3. The van der Waals surface area contributed by atoms with Crippen LogP contribution in [0.25, 0.3) is 10.4 Å². The smallest absolute Gasteiger partial charge is 0.350 e. The van der Waals surface area contributed by atoms with Crippen molar-refractivity contribution >= 4 is 23.0 Å². The van der Waals surface area contributed by atoms with Crippen molar-refractivity contribution in [2.45, 2.75) is 33.3 Å². The molecule has 0 aliphatic heterocycles. The lowest BCUT2D eigenvalue weighted by molar-refractivity contribution is 0.00764. The average Bonchev–Trinajstić information content (AvgIpc) is 2.73. The third kappa shape index (κ3) is 3.61. The molecule has 0 bridgehead atoms. The molecule has 112 valence electrons. The summed E-state index contributed by atoms with van der Waals surface area (Å²) >= 11 is 1.25. The van der Waals surface area contributed by atoms with Gasteiger partial charge in [0.2, 0.25) is 0 Å². The maximum Gasteiger partial charge on any atom is 0.350 e. The molecule has 0 saturated carbocycles. The predicted molar refractivity (Wildman–Crippen MR) is 84.0 cm³/mol. The van der Waals surface area contributed by atoms with E-state index in [1.54, 1.807) is 45.9 Å². The van der Waals surface area contributed by atoms with Gasteiger partial charge in [-0.15, -0.1) is 11.3 Å². The van der Waals surface area contributed by atoms with Crippen LogP contribution in [-0.4, -0.2) is 11.6 Å². The summed E-state index contributed by atoms with van der Waals surface area (Å²) < 4.78 is 18.6. The van der Waals surface area contributed by atoms with Gasteiger partial charge in [-0.25, -0.2) is 9.18 Å². The number of nitrogen functional groups attached to an aromatic ring is 1. The van der Waals surface area contributed by atoms with Gasteiger partial charge in [-0.2, -0.15) is 0 Å². The van der Waals surface area contributed by atoms with E-state index < -0.39 is 11.6 Å². The van der Waals surface area contributed by atoms with Crippen molar-refractivity contribution in [1.29, 1.82) is 0 Å². The van der Waals surface area contributed by atoms with E-state index in [2.05, 4.69) is 0 Å². The van der Waals surface area contributed by atoms with Gasteiger partial charge < -0.3 is 10.5 Å². The summed E-state index contributed by atoms with van der Waals surface area (Å²) in [7, 11) is 0. The lowest BCUT2D eigenvalue weighted by Crippen LogP contribution is -2.23. The zero-order chi connectivity index (χ0) is 15.8. The molecule has 0 unspecified atom stereocenters. The summed E-state index contributed by atoms with van der Waals surface area (Å²) in [6.07, 6.45) is 0. The van der Waals surface area contributed by atoms with Gasteiger partial charge in [0, 0.05) is 4.88 Å². The number of rotatable bonds is 2. The molecule has 2 aromatic rings. The van der Waals surface area contributed by atoms with E-state index in [-0.39, 0.29) is 5.82 Å². The fourth-order valence-corrected chi connectivity index (χ4v) is 2.78. The lowest BCUT2D eigenvalue weighted by Gasteiger charge is -2.18. The summed E-state index contributed by atoms with van der Waals surface area (Å²) in [4.78, 5) is 13.3. The van der Waals surface area contributed by atoms with E-state index in [1.165, 1.54) is 17.4 Å². The molecular weight excluding hydrogens is 289 g/mol. The first-order valence-corrected chi connectivity index (χ1v) is 7.38. The molecule has 0 saturated heterocycles. The Morgan fingerprint density at radius 1 is 1.29 bits per heavy atom. The predicted octanol–water partition coefficient (Wildman–Crippen LogP) is 4.40. The van der Waals surface area contributed by atoms with Crippen LogP contribution >= 0.6 is 11.3 Å². The van der Waals surface area contributed by atoms with Crippen molar-refractivity contribution in [3.63, 3.8) is 0 Å². The Morgan fingerprint density at radius 2 is 1.95 bits per heavy atom. The number of thiophene rings is 1. The van der Waals surface area contributed by atoms with E-state index in [0.717, 1.165) is 10.4 Å². The number of carbonyl (C=O) groups excluding carboxylic acids is 1. The molecule has 1 aromatic carbocycles. The number of carbonyl (C=O) groups is 1. The molecular formula is C16H18FNO2S. The molecule has 21 heavy (non-hydrogen) atoms. The van der Waals surface area contributed by atoms with Crippen LogP contribution in [0.5, 0.6) is 0 Å². The van der Waals surface area contributed by atoms with Gasteiger partial charge in [-0.3, -0.25) is 0 Å². The van der Waals surface area contributed by atoms with Gasteiger partial charge in [-0.05, 0) is 57.0 Å². The van der Waals surface area contributed by atoms with Crippen LogP contribution in [0.1, 0.15) is 36.0 Å². The molecule has 0 aliphatic carbocycles. The lowest BCUT2D eigenvalue weighted by atomic mass is 10.1. The van der Waals surface area contributed by atoms with Crippen molar-refractivity contribution in [3.05, 3.63) is 40.5 Å². The molecule has 3 nitrogen and oxygen atoms in total. The van der Waals surface area contributed by atoms with Gasteiger partial charge in [0.1, 0.15) is 16.3 Å². The van der Waals surface area contributed by atoms with Crippen LogP contribution in [-0.2, 0) is 4.74 Å². The Labute approximate surface area is 127 Å². The molecule has 0 amide bonds. The molecule has 1 aromatic heterocycles. The monoisotopic (exact) mass is 307 g/mol. The summed E-state index contributed by atoms with van der Waals surface area (Å²) in [5, 5.41) is 0. The average molecular weight is 307 g/mol. The van der Waals surface area contributed by atoms with E-state index >= 15 is 0 Å². The standard InChI is InChI=1S/C16H18FNO2S/c1-9-7-10(5-6-11(9)17)13-8-12(18)14(21-13)15(19)20-16(2,3)4/h5-8H,18H2,1-4H3. The summed E-state index contributed by atoms with van der Waals surface area (Å²) in [5.74, 6) is -0.689. The Bertz CT molecular complexity index is 686. The molecule has 0 spiro atoms. The van der Waals surface area contributed by atoms with E-state index in [4.69, 9.17) is 10.5 Å². The Hall–Kier alpha value is -1.88. The fraction of sp³-hybridized carbons (Fsp3) is 0.312. The first kappa shape index (κ1) is 15.5. The minimum Gasteiger partial charge on any atom is -0.456 e. The third-order valence-electron chi connectivity index (χ3n) is 2.79. The topological polar surface area (TPSA) is 52.3 Å². The quantitative estimate of drug-likeness (QED) is 0.837. The highest BCUT2D eigenvalue weighted by Crippen LogP contribution is 2.35. The second kappa shape index (κ2) is 5.48. The van der Waals surface area contributed by atoms with Gasteiger partial charge in [0.05, 0.1) is 5.69 Å². The molecule has 5 heteroatoms. The highest BCUT2D eigenvalue weighted by molar-refractivity contribution is 7.18. The first-order chi connectivity index (χ1) is 9.67. The number of ether oxygens (including phenoxy) is 1. The first-order valence-electron chi connectivity index (χ1n) is 6.56. The summed E-state index contributed by atoms with van der Waals surface area (Å²) in [6.45, 7) is 7.11. The number of aryl methyl sites for hydroxylation is 1. The molecule has 0 atom stereocenters. The van der Waals surface area contributed by atoms with Crippen molar-refractivity contribution in [3.8, 4) is 10.4 Å². The highest BCUT2D eigenvalue weighted by atomic mass is 32.1. The SMILES string of the molecule is Cc1cc(-c2cc(N)c(C(=O)OC(C)(C)C)s2)ccc1F. The molecule has 2 N–H and O–H groups in total. The Morgan fingerprint density at radius 3 is 2.52 bits per heavy atom. The van der Waals surface area contributed by atoms with E-state index in [9.17, 15) is 9.18 Å². The van der Waals surface area contributed by atoms with E-state index in [0.29, 0.717) is 16.1 Å². The minimum atomic E-state index is -0.569. The molecule has 0 aliphatic rings. The van der Waals surface area contributed by atoms with Crippen molar-refractivity contribution in [1.82, 2.24) is 0 Å². The molecule has 2 rings (SSSR count). The van der Waals surface area contributed by atoms with E-state index in [1.807, 2.05) is 0 Å². The van der Waals surface area contributed by atoms with Crippen LogP contribution in [0.3, 0.4) is 0 Å². The number of benzene rings is 1. The second-order valence-corrected chi connectivity index (χ2v) is 6.91. The summed E-state index contributed by atoms with van der Waals surface area (Å²) in [5.41, 5.74) is 7.10. The van der Waals surface area contributed by atoms with Crippen LogP contribution in [0.2, 0.25) is 0 Å². The Kier molecular flexibility index (Phi) is 4.05. The zero-order valence-electron chi connectivity index (χ0n) is 12.5. The van der Waals surface area contributed by atoms with Crippen molar-refractivity contribution in [2.24, 2.45) is 0 Å². The number of esters is 1. The number of anilines is 1. The maximum atomic E-state index is 13.3. The van der Waals surface area contributed by atoms with Gasteiger partial charge in [-0.1, -0.05) is 6.07 Å².